The molecule has 0 N–H and O–H groups in total. The maximum absolute atomic E-state index is 3.10. The van der Waals surface area contributed by atoms with Crippen molar-refractivity contribution in [2.75, 3.05) is 0 Å². The highest BCUT2D eigenvalue weighted by Gasteiger charge is 2.10. The van der Waals surface area contributed by atoms with Gasteiger partial charge in [0, 0.05) is 0 Å². The Kier molecular flexibility index (Phi) is 14.2. The van der Waals surface area contributed by atoms with E-state index in [9.17, 15) is 0 Å². The van der Waals surface area contributed by atoms with Gasteiger partial charge < -0.3 is 0 Å². The van der Waals surface area contributed by atoms with Crippen LogP contribution in [0.25, 0.3) is 145 Å². The molecule has 0 aliphatic rings. The third-order valence-corrected chi connectivity index (χ3v) is 16.4. The predicted molar refractivity (Wildman–Crippen MR) is 356 cm³/mol. The molecule has 0 aromatic heterocycles. The van der Waals surface area contributed by atoms with Gasteiger partial charge in [-0.3, -0.25) is 0 Å². The Bertz CT molecular complexity index is 4150. The molecule has 0 atom stereocenters. The summed E-state index contributed by atoms with van der Waals surface area (Å²) in [6, 6.07) is 128. The highest BCUT2D eigenvalue weighted by molar-refractivity contribution is 5.81. The first-order valence-electron chi connectivity index (χ1n) is 28.8. The van der Waals surface area contributed by atoms with Gasteiger partial charge >= 0.3 is 0 Å². The number of benzene rings is 14. The van der Waals surface area contributed by atoms with Crippen LogP contribution < -0.4 is 0 Å². The van der Waals surface area contributed by atoms with E-state index >= 15 is 0 Å². The normalized spacial score (nSPS) is 11.1. The predicted octanol–water partition coefficient (Wildman–Crippen LogP) is 23.2. The van der Waals surface area contributed by atoms with Crippen molar-refractivity contribution in [1.29, 1.82) is 0 Å². The van der Waals surface area contributed by atoms with Gasteiger partial charge in [0.2, 0.25) is 0 Å². The lowest BCUT2D eigenvalue weighted by Crippen LogP contribution is -1.84. The largest absolute Gasteiger partial charge is 0.0622 e. The Morgan fingerprint density at radius 2 is 0.190 bits per heavy atom. The summed E-state index contributed by atoms with van der Waals surface area (Å²) in [7, 11) is 0. The van der Waals surface area contributed by atoms with Crippen LogP contribution in [0.1, 0.15) is 0 Å². The summed E-state index contributed by atoms with van der Waals surface area (Å²) in [5.74, 6) is 0. The van der Waals surface area contributed by atoms with E-state index in [4.69, 9.17) is 0 Å². The second-order valence-corrected chi connectivity index (χ2v) is 21.6. The molecule has 0 aliphatic carbocycles. The summed E-state index contributed by atoms with van der Waals surface area (Å²) in [5, 5.41) is 0. The highest BCUT2D eigenvalue weighted by Crippen LogP contribution is 2.35. The van der Waals surface area contributed by atoms with E-state index in [2.05, 4.69) is 340 Å². The van der Waals surface area contributed by atoms with Crippen molar-refractivity contribution in [1.82, 2.24) is 0 Å². The third-order valence-electron chi connectivity index (χ3n) is 16.4. The van der Waals surface area contributed by atoms with E-state index in [1.807, 2.05) is 12.1 Å². The standard InChI is InChI=1S/C84H57/c1-3-7-59(8-4-1)61-11-15-63(16-12-61)65-19-23-67(24-20-65)69-27-31-71(32-28-69)73-35-39-75(40-36-73)77-43-47-79(48-44-77)81-51-55-83(56-52-81)84-57-53-82(54-58-84)80-49-45-78(46-50-80)76-41-37-74(38-42-76)72-33-29-70(30-34-72)68-25-21-66(22-26-68)64-17-13-62(14-18-64)60-9-5-2-6-10-60/h1,3-58H. The molecule has 1 radical (unpaired) electrons. The van der Waals surface area contributed by atoms with Gasteiger partial charge in [0.15, 0.2) is 0 Å². The van der Waals surface area contributed by atoms with E-state index < -0.39 is 0 Å². The molecule has 393 valence electrons. The first-order valence-corrected chi connectivity index (χ1v) is 28.8. The SMILES string of the molecule is [c]1ccc(-c2ccc(-c3ccc(-c4ccc(-c5ccc(-c6ccc(-c7ccc(-c8ccc(-c9ccc(-c%10ccc(-c%11ccc(-c%12ccc(-c%13ccc(-c%14ccccc%14)cc%13)cc%12)cc%11)cc%10)cc9)cc8)cc7)cc6)cc5)cc4)cc3)cc2)cc1. The van der Waals surface area contributed by atoms with Crippen molar-refractivity contribution in [2.24, 2.45) is 0 Å². The Balaban J connectivity index is 0.560. The average molecular weight is 1070 g/mol. The van der Waals surface area contributed by atoms with E-state index in [-0.39, 0.29) is 0 Å². The summed E-state index contributed by atoms with van der Waals surface area (Å²) >= 11 is 0. The molecule has 0 spiro atoms. The quantitative estimate of drug-likeness (QED) is 0.108. The fraction of sp³-hybridized carbons (Fsp3) is 0. The van der Waals surface area contributed by atoms with Gasteiger partial charge in [0.1, 0.15) is 0 Å². The fourth-order valence-electron chi connectivity index (χ4n) is 11.5. The van der Waals surface area contributed by atoms with Gasteiger partial charge in [-0.25, -0.2) is 0 Å². The number of rotatable bonds is 13. The number of hydrogen-bond acceptors (Lipinski definition) is 0. The van der Waals surface area contributed by atoms with Crippen molar-refractivity contribution in [3.05, 3.63) is 352 Å². The van der Waals surface area contributed by atoms with E-state index in [0.717, 1.165) is 0 Å². The van der Waals surface area contributed by atoms with Crippen molar-refractivity contribution >= 4 is 0 Å². The van der Waals surface area contributed by atoms with Crippen molar-refractivity contribution in [3.8, 4) is 145 Å². The molecule has 0 nitrogen and oxygen atoms in total. The van der Waals surface area contributed by atoms with Gasteiger partial charge in [-0.05, 0) is 151 Å². The molecule has 0 heteroatoms. The summed E-state index contributed by atoms with van der Waals surface area (Å²) in [4.78, 5) is 0. The van der Waals surface area contributed by atoms with Gasteiger partial charge in [0.05, 0.1) is 0 Å². The summed E-state index contributed by atoms with van der Waals surface area (Å²) in [6.07, 6.45) is 0. The molecule has 0 fully saturated rings. The zero-order valence-corrected chi connectivity index (χ0v) is 46.4. The van der Waals surface area contributed by atoms with Crippen molar-refractivity contribution in [2.45, 2.75) is 0 Å². The topological polar surface area (TPSA) is 0 Å². The van der Waals surface area contributed by atoms with Crippen LogP contribution >= 0.6 is 0 Å². The summed E-state index contributed by atoms with van der Waals surface area (Å²) in [6.45, 7) is 0. The molecule has 0 saturated carbocycles. The number of hydrogen-bond donors (Lipinski definition) is 0. The lowest BCUT2D eigenvalue weighted by molar-refractivity contribution is 1.55. The maximum Gasteiger partial charge on any atom is -0.0184 e. The van der Waals surface area contributed by atoms with E-state index in [1.165, 1.54) is 145 Å². The third kappa shape index (κ3) is 11.1. The molecule has 14 aromatic rings. The molecule has 0 unspecified atom stereocenters. The monoisotopic (exact) mass is 1070 g/mol. The Labute approximate surface area is 493 Å². The Morgan fingerprint density at radius 3 is 0.310 bits per heavy atom. The van der Waals surface area contributed by atoms with Crippen LogP contribution in [0.5, 0.6) is 0 Å². The lowest BCUT2D eigenvalue weighted by Gasteiger charge is -2.10. The summed E-state index contributed by atoms with van der Waals surface area (Å²) in [5.41, 5.74) is 31.4. The molecule has 0 saturated heterocycles. The zero-order valence-electron chi connectivity index (χ0n) is 46.4. The minimum atomic E-state index is 1.20. The Hall–Kier alpha value is -10.9. The minimum Gasteiger partial charge on any atom is -0.0622 e. The highest BCUT2D eigenvalue weighted by atomic mass is 14.1. The smallest absolute Gasteiger partial charge is 0.0184 e. The molecule has 0 bridgehead atoms. The Morgan fingerprint density at radius 1 is 0.0952 bits per heavy atom. The van der Waals surface area contributed by atoms with Crippen LogP contribution in [-0.4, -0.2) is 0 Å². The molecule has 84 heavy (non-hydrogen) atoms. The minimum absolute atomic E-state index is 1.20. The van der Waals surface area contributed by atoms with Gasteiger partial charge in [0.25, 0.3) is 0 Å². The zero-order chi connectivity index (χ0) is 56.0. The second-order valence-electron chi connectivity index (χ2n) is 21.6. The van der Waals surface area contributed by atoms with Gasteiger partial charge in [-0.15, -0.1) is 0 Å². The van der Waals surface area contributed by atoms with Crippen LogP contribution in [0, 0.1) is 6.07 Å². The fourth-order valence-corrected chi connectivity index (χ4v) is 11.5. The molecule has 0 aliphatic heterocycles. The van der Waals surface area contributed by atoms with Crippen LogP contribution in [0.3, 0.4) is 0 Å². The van der Waals surface area contributed by atoms with Gasteiger partial charge in [-0.1, -0.05) is 346 Å². The molecule has 0 amide bonds. The van der Waals surface area contributed by atoms with Crippen LogP contribution in [0.4, 0.5) is 0 Å². The molecule has 14 aromatic carbocycles. The van der Waals surface area contributed by atoms with E-state index in [1.54, 1.807) is 0 Å². The molecular formula is C84H57. The van der Waals surface area contributed by atoms with Crippen molar-refractivity contribution < 1.29 is 0 Å². The average Bonchev–Trinajstić information content (AvgIpc) is 3.79. The van der Waals surface area contributed by atoms with E-state index in [0.29, 0.717) is 0 Å². The van der Waals surface area contributed by atoms with Crippen LogP contribution in [0.2, 0.25) is 0 Å². The summed E-state index contributed by atoms with van der Waals surface area (Å²) < 4.78 is 0. The molecule has 0 heterocycles. The van der Waals surface area contributed by atoms with Crippen LogP contribution in [-0.2, 0) is 0 Å². The second kappa shape index (κ2) is 23.3. The maximum atomic E-state index is 3.10. The van der Waals surface area contributed by atoms with Crippen molar-refractivity contribution in [3.63, 3.8) is 0 Å². The molecular weight excluding hydrogens is 1010 g/mol. The van der Waals surface area contributed by atoms with Gasteiger partial charge in [-0.2, -0.15) is 0 Å². The first-order chi connectivity index (χ1) is 41.6. The first kappa shape index (κ1) is 51.2. The molecule has 14 rings (SSSR count). The van der Waals surface area contributed by atoms with Crippen LogP contribution in [0.15, 0.2) is 346 Å². The lowest BCUT2D eigenvalue weighted by atomic mass is 9.95.